The number of carbonyl (C=O) groups excluding carboxylic acids is 1. The maximum Gasteiger partial charge on any atom is 0.266 e. The molecule has 0 aliphatic heterocycles. The maximum absolute atomic E-state index is 13.3. The third-order valence-electron chi connectivity index (χ3n) is 4.86. The predicted octanol–water partition coefficient (Wildman–Crippen LogP) is 4.67. The van der Waals surface area contributed by atoms with Gasteiger partial charge in [-0.1, -0.05) is 30.0 Å². The first-order valence-corrected chi connectivity index (χ1v) is 11.3. The molecule has 0 aliphatic carbocycles. The summed E-state index contributed by atoms with van der Waals surface area (Å²) in [5.41, 5.74) is 3.73. The third-order valence-corrected chi connectivity index (χ3v) is 6.63. The Morgan fingerprint density at radius 2 is 2.00 bits per heavy atom. The van der Waals surface area contributed by atoms with Crippen molar-refractivity contribution in [3.05, 3.63) is 81.0 Å². The van der Waals surface area contributed by atoms with Gasteiger partial charge in [-0.3, -0.25) is 14.2 Å². The van der Waals surface area contributed by atoms with Gasteiger partial charge in [0.15, 0.2) is 5.16 Å². The fourth-order valence-corrected chi connectivity index (χ4v) is 4.65. The highest BCUT2D eigenvalue weighted by atomic mass is 32.2. The van der Waals surface area contributed by atoms with Crippen LogP contribution in [0.25, 0.3) is 16.6 Å². The lowest BCUT2D eigenvalue weighted by Gasteiger charge is -2.14. The van der Waals surface area contributed by atoms with Crippen LogP contribution in [0.2, 0.25) is 0 Å². The zero-order chi connectivity index (χ0) is 22.0. The van der Waals surface area contributed by atoms with Crippen LogP contribution < -0.4 is 10.9 Å². The van der Waals surface area contributed by atoms with Gasteiger partial charge in [0.2, 0.25) is 5.91 Å². The minimum absolute atomic E-state index is 0.0540. The molecule has 2 aromatic heterocycles. The van der Waals surface area contributed by atoms with Crippen molar-refractivity contribution in [2.75, 3.05) is 11.1 Å². The second kappa shape index (κ2) is 8.76. The van der Waals surface area contributed by atoms with Crippen molar-refractivity contribution < 1.29 is 4.79 Å². The molecule has 8 heteroatoms. The van der Waals surface area contributed by atoms with Crippen molar-refractivity contribution in [2.24, 2.45) is 0 Å². The minimum atomic E-state index is -0.266. The summed E-state index contributed by atoms with van der Waals surface area (Å²) in [4.78, 5) is 30.5. The molecule has 2 heterocycles. The van der Waals surface area contributed by atoms with Gasteiger partial charge in [0.05, 0.1) is 27.9 Å². The molecule has 0 aliphatic rings. The summed E-state index contributed by atoms with van der Waals surface area (Å²) in [6.45, 7) is 4.01. The Balaban J connectivity index is 1.70. The normalized spacial score (nSPS) is 10.7. The number of carbonyl (C=O) groups is 1. The fraction of sp³-hybridized carbons (Fsp3) is 0.130. The molecule has 0 saturated heterocycles. The summed E-state index contributed by atoms with van der Waals surface area (Å²) < 4.78 is 1.55. The predicted molar refractivity (Wildman–Crippen MR) is 125 cm³/mol. The smallest absolute Gasteiger partial charge is 0.266 e. The molecule has 6 nitrogen and oxygen atoms in total. The number of para-hydroxylation sites is 1. The number of anilines is 1. The van der Waals surface area contributed by atoms with Crippen LogP contribution >= 0.6 is 23.1 Å². The van der Waals surface area contributed by atoms with E-state index in [0.717, 1.165) is 11.1 Å². The summed E-state index contributed by atoms with van der Waals surface area (Å²) in [6.07, 6.45) is 0. The summed E-state index contributed by atoms with van der Waals surface area (Å²) >= 11 is 2.48. The zero-order valence-electron chi connectivity index (χ0n) is 16.9. The number of aryl methyl sites for hydroxylation is 2. The number of thioether (sulfide) groups is 1. The van der Waals surface area contributed by atoms with Crippen molar-refractivity contribution >= 4 is 44.9 Å². The first-order chi connectivity index (χ1) is 15.0. The number of nitrogens with one attached hydrogen (secondary N) is 1. The number of benzene rings is 2. The van der Waals surface area contributed by atoms with E-state index in [0.29, 0.717) is 32.3 Å². The van der Waals surface area contributed by atoms with E-state index in [1.807, 2.05) is 44.2 Å². The quantitative estimate of drug-likeness (QED) is 0.356. The Labute approximate surface area is 187 Å². The monoisotopic (exact) mass is 446 g/mol. The van der Waals surface area contributed by atoms with Crippen LogP contribution in [0.4, 0.5) is 5.00 Å². The third kappa shape index (κ3) is 4.24. The van der Waals surface area contributed by atoms with Crippen LogP contribution in [0, 0.1) is 25.2 Å². The summed E-state index contributed by atoms with van der Waals surface area (Å²) in [7, 11) is 0. The lowest BCUT2D eigenvalue weighted by Crippen LogP contribution is -2.23. The molecule has 154 valence electrons. The van der Waals surface area contributed by atoms with Gasteiger partial charge < -0.3 is 5.32 Å². The van der Waals surface area contributed by atoms with E-state index >= 15 is 0 Å². The number of hydrogen-bond acceptors (Lipinski definition) is 6. The average Bonchev–Trinajstić information content (AvgIpc) is 3.21. The first-order valence-electron chi connectivity index (χ1n) is 9.47. The van der Waals surface area contributed by atoms with Gasteiger partial charge in [-0.05, 0) is 60.7 Å². The summed E-state index contributed by atoms with van der Waals surface area (Å²) in [5.74, 6) is -0.212. The molecule has 0 saturated carbocycles. The van der Waals surface area contributed by atoms with Crippen LogP contribution in [0.15, 0.2) is 63.9 Å². The van der Waals surface area contributed by atoms with Gasteiger partial charge in [-0.25, -0.2) is 4.98 Å². The van der Waals surface area contributed by atoms with Crippen molar-refractivity contribution in [3.63, 3.8) is 0 Å². The first kappa shape index (κ1) is 20.8. The number of hydrogen-bond donors (Lipinski definition) is 1. The van der Waals surface area contributed by atoms with E-state index in [2.05, 4.69) is 16.4 Å². The Kier molecular flexibility index (Phi) is 5.89. The number of thiophene rings is 1. The number of nitrogens with zero attached hydrogens (tertiary/aromatic N) is 3. The molecule has 1 amide bonds. The highest BCUT2D eigenvalue weighted by molar-refractivity contribution is 7.99. The molecule has 0 radical (unpaired) electrons. The number of fused-ring (bicyclic) bond motifs is 1. The summed E-state index contributed by atoms with van der Waals surface area (Å²) in [5, 5.41) is 15.1. The van der Waals surface area contributed by atoms with Gasteiger partial charge in [-0.2, -0.15) is 5.26 Å². The molecule has 0 fully saturated rings. The minimum Gasteiger partial charge on any atom is -0.316 e. The van der Waals surface area contributed by atoms with Gasteiger partial charge in [-0.15, -0.1) is 11.3 Å². The van der Waals surface area contributed by atoms with Gasteiger partial charge in [0.1, 0.15) is 11.1 Å². The number of aromatic nitrogens is 2. The van der Waals surface area contributed by atoms with E-state index in [9.17, 15) is 9.59 Å². The largest absolute Gasteiger partial charge is 0.316 e. The molecule has 0 spiro atoms. The van der Waals surface area contributed by atoms with Crippen LogP contribution in [-0.4, -0.2) is 21.2 Å². The topological polar surface area (TPSA) is 87.8 Å². The second-order valence-electron chi connectivity index (χ2n) is 6.93. The Bertz CT molecular complexity index is 1400. The van der Waals surface area contributed by atoms with Crippen molar-refractivity contribution in [1.82, 2.24) is 9.55 Å². The standard InChI is InChI=1S/C23H18N4O2S2/c1-14-7-8-17(11-15(14)2)27-22(29)18-5-3-4-6-19(18)25-23(27)31-13-20(28)26-21-16(12-24)9-10-30-21/h3-11H,13H2,1-2H3,(H,26,28). The van der Waals surface area contributed by atoms with Crippen molar-refractivity contribution in [2.45, 2.75) is 19.0 Å². The summed E-state index contributed by atoms with van der Waals surface area (Å²) in [6, 6.07) is 16.7. The van der Waals surface area contributed by atoms with E-state index in [4.69, 9.17) is 5.26 Å². The van der Waals surface area contributed by atoms with Crippen molar-refractivity contribution in [1.29, 1.82) is 5.26 Å². The van der Waals surface area contributed by atoms with E-state index < -0.39 is 0 Å². The van der Waals surface area contributed by atoms with Crippen molar-refractivity contribution in [3.8, 4) is 11.8 Å². The molecular formula is C23H18N4O2S2. The SMILES string of the molecule is Cc1ccc(-n2c(SCC(=O)Nc3sccc3C#N)nc3ccccc3c2=O)cc1C. The number of amides is 1. The lowest BCUT2D eigenvalue weighted by atomic mass is 10.1. The number of nitriles is 1. The molecule has 0 bridgehead atoms. The average molecular weight is 447 g/mol. The molecule has 0 atom stereocenters. The molecule has 31 heavy (non-hydrogen) atoms. The Morgan fingerprint density at radius 1 is 1.19 bits per heavy atom. The Morgan fingerprint density at radius 3 is 2.77 bits per heavy atom. The van der Waals surface area contributed by atoms with Gasteiger partial charge in [0, 0.05) is 0 Å². The molecule has 4 aromatic rings. The molecular weight excluding hydrogens is 428 g/mol. The molecule has 2 aromatic carbocycles. The van der Waals surface area contributed by atoms with Crippen LogP contribution in [0.1, 0.15) is 16.7 Å². The van der Waals surface area contributed by atoms with E-state index in [1.54, 1.807) is 28.1 Å². The highest BCUT2D eigenvalue weighted by Gasteiger charge is 2.16. The van der Waals surface area contributed by atoms with E-state index in [-0.39, 0.29) is 17.2 Å². The molecule has 1 N–H and O–H groups in total. The van der Waals surface area contributed by atoms with Gasteiger partial charge in [0.25, 0.3) is 5.56 Å². The van der Waals surface area contributed by atoms with Gasteiger partial charge >= 0.3 is 0 Å². The fourth-order valence-electron chi connectivity index (χ4n) is 3.09. The van der Waals surface area contributed by atoms with Crippen LogP contribution in [0.5, 0.6) is 0 Å². The van der Waals surface area contributed by atoms with Crippen LogP contribution in [-0.2, 0) is 4.79 Å². The van der Waals surface area contributed by atoms with E-state index in [1.165, 1.54) is 23.1 Å². The molecule has 4 rings (SSSR count). The Hall–Kier alpha value is -3.41. The van der Waals surface area contributed by atoms with Crippen LogP contribution in [0.3, 0.4) is 0 Å². The highest BCUT2D eigenvalue weighted by Crippen LogP contribution is 2.25. The lowest BCUT2D eigenvalue weighted by molar-refractivity contribution is -0.113. The molecule has 0 unspecified atom stereocenters. The zero-order valence-corrected chi connectivity index (χ0v) is 18.5. The second-order valence-corrected chi connectivity index (χ2v) is 8.79. The number of rotatable bonds is 5. The maximum atomic E-state index is 13.3.